The number of anilines is 1. The fourth-order valence-electron chi connectivity index (χ4n) is 5.36. The predicted octanol–water partition coefficient (Wildman–Crippen LogP) is 2.02. The zero-order valence-electron chi connectivity index (χ0n) is 24.6. The molecule has 2 aromatic carbocycles. The number of carbonyl (C=O) groups excluding carboxylic acids is 2. The van der Waals surface area contributed by atoms with Crippen molar-refractivity contribution in [1.82, 2.24) is 19.5 Å². The molecule has 2 aliphatic rings. The lowest BCUT2D eigenvalue weighted by molar-refractivity contribution is -0.129. The Balaban J connectivity index is 1.31. The molecule has 43 heavy (non-hydrogen) atoms. The molecule has 5 rings (SSSR count). The van der Waals surface area contributed by atoms with E-state index in [1.165, 1.54) is 16.4 Å². The fourth-order valence-corrected chi connectivity index (χ4v) is 6.84. The average molecular weight is 612 g/mol. The van der Waals surface area contributed by atoms with E-state index in [1.807, 2.05) is 25.8 Å². The number of hydrogen-bond acceptors (Lipinski definition) is 9. The molecule has 0 unspecified atom stereocenters. The summed E-state index contributed by atoms with van der Waals surface area (Å²) in [6, 6.07) is 11.4. The number of fused-ring (bicyclic) bond motifs is 1. The summed E-state index contributed by atoms with van der Waals surface area (Å²) in [5, 5.41) is 14.1. The molecule has 0 aliphatic carbocycles. The van der Waals surface area contributed by atoms with E-state index in [2.05, 4.69) is 10.3 Å². The third kappa shape index (κ3) is 6.11. The summed E-state index contributed by atoms with van der Waals surface area (Å²) in [7, 11) is -1.89. The van der Waals surface area contributed by atoms with E-state index >= 15 is 0 Å². The summed E-state index contributed by atoms with van der Waals surface area (Å²) in [4.78, 5) is 31.3. The van der Waals surface area contributed by atoms with Crippen LogP contribution in [0, 0.1) is 6.92 Å². The lowest BCUT2D eigenvalue weighted by Gasteiger charge is -2.31. The van der Waals surface area contributed by atoms with E-state index in [-0.39, 0.29) is 40.1 Å². The van der Waals surface area contributed by atoms with E-state index in [0.29, 0.717) is 43.2 Å². The van der Waals surface area contributed by atoms with Crippen LogP contribution in [0.4, 0.5) is 5.69 Å². The van der Waals surface area contributed by atoms with Gasteiger partial charge in [0.1, 0.15) is 22.2 Å². The van der Waals surface area contributed by atoms with Crippen LogP contribution in [-0.2, 0) is 22.2 Å². The van der Waals surface area contributed by atoms with Gasteiger partial charge in [-0.2, -0.15) is 4.31 Å². The Labute approximate surface area is 250 Å². The number of ether oxygens (including phenoxy) is 2. The number of Topliss-reactive ketones (excluding diaryl/α,β-unsaturated/α-hetero) is 1. The number of ketones is 1. The van der Waals surface area contributed by atoms with E-state index in [4.69, 9.17) is 15.2 Å². The molecule has 3 aromatic rings. The summed E-state index contributed by atoms with van der Waals surface area (Å²) >= 11 is 0. The zero-order chi connectivity index (χ0) is 31.1. The van der Waals surface area contributed by atoms with Gasteiger partial charge >= 0.3 is 0 Å². The van der Waals surface area contributed by atoms with Gasteiger partial charge in [-0.15, -0.1) is 0 Å². The molecule has 3 heterocycles. The molecule has 230 valence electrons. The van der Waals surface area contributed by atoms with Gasteiger partial charge < -0.3 is 35.5 Å². The fraction of sp³-hybridized carbons (Fsp3) is 0.400. The third-order valence-electron chi connectivity index (χ3n) is 7.62. The number of hydrogen-bond donors (Lipinski definition) is 4. The molecule has 1 aromatic heterocycles. The Kier molecular flexibility index (Phi) is 8.27. The Bertz CT molecular complexity index is 1660. The zero-order valence-corrected chi connectivity index (χ0v) is 25.5. The SMILES string of the molecule is Cc1cc(S(=O)(=O)N2CCN(C)CC2)[nH]c1C(=O)NCC(=O)c1c(N)cccc1[C@@]1(O)Cc2ccc(OC(C)C)cc2O1. The topological polar surface area (TPSA) is 167 Å². The number of nitrogen functional groups attached to an aromatic ring is 1. The van der Waals surface area contributed by atoms with E-state index < -0.39 is 34.0 Å². The maximum atomic E-state index is 13.5. The molecule has 1 amide bonds. The van der Waals surface area contributed by atoms with Crippen LogP contribution in [0.5, 0.6) is 11.5 Å². The van der Waals surface area contributed by atoms with Gasteiger partial charge in [0.2, 0.25) is 5.79 Å². The van der Waals surface area contributed by atoms with Gasteiger partial charge in [0.15, 0.2) is 5.78 Å². The highest BCUT2D eigenvalue weighted by Gasteiger charge is 2.42. The first-order chi connectivity index (χ1) is 20.3. The van der Waals surface area contributed by atoms with Crippen molar-refractivity contribution in [2.24, 2.45) is 0 Å². The lowest BCUT2D eigenvalue weighted by Crippen LogP contribution is -2.47. The quantitative estimate of drug-likeness (QED) is 0.209. The number of amides is 1. The monoisotopic (exact) mass is 611 g/mol. The maximum absolute atomic E-state index is 13.5. The molecule has 12 nitrogen and oxygen atoms in total. The predicted molar refractivity (Wildman–Crippen MR) is 160 cm³/mol. The van der Waals surface area contributed by atoms with Gasteiger partial charge in [-0.05, 0) is 51.6 Å². The van der Waals surface area contributed by atoms with Gasteiger partial charge in [0, 0.05) is 55.5 Å². The maximum Gasteiger partial charge on any atom is 0.268 e. The van der Waals surface area contributed by atoms with Crippen LogP contribution in [0.3, 0.4) is 0 Å². The number of aryl methyl sites for hydroxylation is 1. The minimum absolute atomic E-state index is 0.0262. The number of aromatic amines is 1. The van der Waals surface area contributed by atoms with Gasteiger partial charge in [0.05, 0.1) is 18.2 Å². The highest BCUT2D eigenvalue weighted by molar-refractivity contribution is 7.89. The number of nitrogens with zero attached hydrogens (tertiary/aromatic N) is 2. The second kappa shape index (κ2) is 11.6. The van der Waals surface area contributed by atoms with E-state index in [1.54, 1.807) is 37.3 Å². The molecule has 0 bridgehead atoms. The number of benzene rings is 2. The first kappa shape index (κ1) is 30.5. The highest BCUT2D eigenvalue weighted by atomic mass is 32.2. The number of piperazine rings is 1. The van der Waals surface area contributed by atoms with Crippen molar-refractivity contribution in [3.8, 4) is 11.5 Å². The highest BCUT2D eigenvalue weighted by Crippen LogP contribution is 2.43. The number of likely N-dealkylation sites (N-methyl/N-ethyl adjacent to an activating group) is 1. The molecule has 1 fully saturated rings. The molecule has 0 radical (unpaired) electrons. The summed E-state index contributed by atoms with van der Waals surface area (Å²) in [6.07, 6.45) is 0.0292. The van der Waals surface area contributed by atoms with Gasteiger partial charge in [0.25, 0.3) is 15.9 Å². The van der Waals surface area contributed by atoms with Gasteiger partial charge in [-0.25, -0.2) is 8.42 Å². The van der Waals surface area contributed by atoms with Crippen LogP contribution in [0.2, 0.25) is 0 Å². The summed E-state index contributed by atoms with van der Waals surface area (Å²) < 4.78 is 39.4. The van der Waals surface area contributed by atoms with Crippen molar-refractivity contribution in [3.05, 3.63) is 70.4 Å². The van der Waals surface area contributed by atoms with Crippen molar-refractivity contribution >= 4 is 27.4 Å². The molecule has 1 atom stereocenters. The van der Waals surface area contributed by atoms with E-state index in [9.17, 15) is 23.1 Å². The van der Waals surface area contributed by atoms with Crippen molar-refractivity contribution in [3.63, 3.8) is 0 Å². The number of carbonyl (C=O) groups is 2. The van der Waals surface area contributed by atoms with Crippen molar-refractivity contribution in [2.45, 2.75) is 44.1 Å². The number of nitrogens with one attached hydrogen (secondary N) is 2. The first-order valence-electron chi connectivity index (χ1n) is 14.1. The first-order valence-corrected chi connectivity index (χ1v) is 15.5. The van der Waals surface area contributed by atoms with Crippen LogP contribution < -0.4 is 20.5 Å². The van der Waals surface area contributed by atoms with Crippen molar-refractivity contribution < 1.29 is 32.6 Å². The van der Waals surface area contributed by atoms with Crippen LogP contribution in [0.15, 0.2) is 47.5 Å². The molecule has 1 saturated heterocycles. The standard InChI is InChI=1S/C30H37N5O7S/c1-18(2)41-21-9-8-20-16-30(38,42-25(20)15-21)22-6-5-7-23(31)27(22)24(36)17-32-29(37)28-19(3)14-26(33-28)43(39,40)35-12-10-34(4)11-13-35/h5-9,14-15,18,33,38H,10-13,16-17,31H2,1-4H3,(H,32,37)/t30-/m1/s1. The molecule has 2 aliphatic heterocycles. The Morgan fingerprint density at radius 2 is 1.88 bits per heavy atom. The minimum atomic E-state index is -3.82. The lowest BCUT2D eigenvalue weighted by atomic mass is 9.92. The summed E-state index contributed by atoms with van der Waals surface area (Å²) in [6.45, 7) is 6.89. The van der Waals surface area contributed by atoms with Crippen LogP contribution in [-0.4, -0.2) is 85.3 Å². The summed E-state index contributed by atoms with van der Waals surface area (Å²) in [5.74, 6) is -2.05. The van der Waals surface area contributed by atoms with Crippen LogP contribution in [0.25, 0.3) is 0 Å². The Hall–Kier alpha value is -3.91. The number of nitrogens with two attached hydrogens (primary N) is 1. The molecular weight excluding hydrogens is 574 g/mol. The largest absolute Gasteiger partial charge is 0.491 e. The Morgan fingerprint density at radius 3 is 2.58 bits per heavy atom. The smallest absolute Gasteiger partial charge is 0.268 e. The summed E-state index contributed by atoms with van der Waals surface area (Å²) in [5.41, 5.74) is 7.71. The molecule has 5 N–H and O–H groups in total. The third-order valence-corrected chi connectivity index (χ3v) is 9.44. The number of aliphatic hydroxyl groups is 1. The molecular formula is C30H37N5O7S. The van der Waals surface area contributed by atoms with Gasteiger partial charge in [-0.3, -0.25) is 9.59 Å². The normalized spacial score (nSPS) is 19.2. The van der Waals surface area contributed by atoms with Gasteiger partial charge in [-0.1, -0.05) is 18.2 Å². The van der Waals surface area contributed by atoms with Crippen LogP contribution >= 0.6 is 0 Å². The second-order valence-corrected chi connectivity index (χ2v) is 13.2. The molecule has 0 spiro atoms. The minimum Gasteiger partial charge on any atom is -0.491 e. The second-order valence-electron chi connectivity index (χ2n) is 11.3. The van der Waals surface area contributed by atoms with Crippen molar-refractivity contribution in [2.75, 3.05) is 45.5 Å². The number of H-pyrrole nitrogens is 1. The molecule has 0 saturated carbocycles. The van der Waals surface area contributed by atoms with Crippen molar-refractivity contribution in [1.29, 1.82) is 0 Å². The molecule has 13 heteroatoms. The number of rotatable bonds is 9. The number of sulfonamides is 1. The number of aromatic nitrogens is 1. The average Bonchev–Trinajstić information content (AvgIpc) is 3.51. The Morgan fingerprint density at radius 1 is 1.16 bits per heavy atom. The van der Waals surface area contributed by atoms with Crippen LogP contribution in [0.1, 0.15) is 51.4 Å². The van der Waals surface area contributed by atoms with E-state index in [0.717, 1.165) is 5.56 Å².